The number of carbonyl (C=O) groups is 2. The Labute approximate surface area is 150 Å². The summed E-state index contributed by atoms with van der Waals surface area (Å²) in [6, 6.07) is 10.9. The standard InChI is InChI=1S/C18H17ClN4O2/c1-22(2)17(24)11-23-10-14(9-20-23)21-18(25)16-5-3-4-12-8-13(19)6-7-15(12)16/h3-10H,11H2,1-2H3,(H,21,25). The molecule has 1 aromatic heterocycles. The van der Waals surface area contributed by atoms with Crippen LogP contribution in [0.15, 0.2) is 48.8 Å². The number of halogens is 1. The summed E-state index contributed by atoms with van der Waals surface area (Å²) in [5.41, 5.74) is 1.08. The molecular weight excluding hydrogens is 340 g/mol. The van der Waals surface area contributed by atoms with E-state index in [-0.39, 0.29) is 18.4 Å². The van der Waals surface area contributed by atoms with E-state index in [1.807, 2.05) is 24.3 Å². The van der Waals surface area contributed by atoms with Crippen LogP contribution in [0.25, 0.3) is 10.8 Å². The normalized spacial score (nSPS) is 10.7. The van der Waals surface area contributed by atoms with Crippen LogP contribution in [0.1, 0.15) is 10.4 Å². The Hall–Kier alpha value is -2.86. The highest BCUT2D eigenvalue weighted by Crippen LogP contribution is 2.23. The van der Waals surface area contributed by atoms with Gasteiger partial charge in [0, 0.05) is 30.9 Å². The second-order valence-electron chi connectivity index (χ2n) is 5.84. The van der Waals surface area contributed by atoms with Crippen LogP contribution in [-0.4, -0.2) is 40.6 Å². The molecule has 2 aromatic carbocycles. The number of anilines is 1. The fraction of sp³-hybridized carbons (Fsp3) is 0.167. The van der Waals surface area contributed by atoms with Gasteiger partial charge in [-0.1, -0.05) is 29.8 Å². The van der Waals surface area contributed by atoms with Gasteiger partial charge in [-0.2, -0.15) is 5.10 Å². The van der Waals surface area contributed by atoms with Gasteiger partial charge in [0.05, 0.1) is 11.9 Å². The molecule has 0 aliphatic carbocycles. The molecule has 0 bridgehead atoms. The fourth-order valence-electron chi connectivity index (χ4n) is 2.45. The third-order valence-corrected chi connectivity index (χ3v) is 4.01. The molecule has 25 heavy (non-hydrogen) atoms. The van der Waals surface area contributed by atoms with Gasteiger partial charge in [0.1, 0.15) is 6.54 Å². The number of nitrogens with one attached hydrogen (secondary N) is 1. The number of fused-ring (bicyclic) bond motifs is 1. The van der Waals surface area contributed by atoms with E-state index in [0.29, 0.717) is 16.3 Å². The van der Waals surface area contributed by atoms with Crippen molar-refractivity contribution in [1.82, 2.24) is 14.7 Å². The number of hydrogen-bond acceptors (Lipinski definition) is 3. The molecule has 1 N–H and O–H groups in total. The maximum Gasteiger partial charge on any atom is 0.256 e. The summed E-state index contributed by atoms with van der Waals surface area (Å²) in [4.78, 5) is 25.8. The lowest BCUT2D eigenvalue weighted by molar-refractivity contribution is -0.129. The Morgan fingerprint density at radius 3 is 2.80 bits per heavy atom. The molecule has 0 spiro atoms. The van der Waals surface area contributed by atoms with Crippen LogP contribution in [-0.2, 0) is 11.3 Å². The van der Waals surface area contributed by atoms with Crippen molar-refractivity contribution in [2.24, 2.45) is 0 Å². The molecule has 1 heterocycles. The summed E-state index contributed by atoms with van der Waals surface area (Å²) < 4.78 is 1.49. The zero-order valence-corrected chi connectivity index (χ0v) is 14.6. The Balaban J connectivity index is 1.79. The van der Waals surface area contributed by atoms with Crippen LogP contribution in [0, 0.1) is 0 Å². The summed E-state index contributed by atoms with van der Waals surface area (Å²) in [5.74, 6) is -0.321. The van der Waals surface area contributed by atoms with E-state index in [1.165, 1.54) is 15.8 Å². The maximum atomic E-state index is 12.6. The van der Waals surface area contributed by atoms with Crippen molar-refractivity contribution in [2.45, 2.75) is 6.54 Å². The van der Waals surface area contributed by atoms with Gasteiger partial charge in [-0.25, -0.2) is 0 Å². The van der Waals surface area contributed by atoms with Crippen molar-refractivity contribution in [1.29, 1.82) is 0 Å². The highest BCUT2D eigenvalue weighted by atomic mass is 35.5. The van der Waals surface area contributed by atoms with Crippen LogP contribution in [0.5, 0.6) is 0 Å². The summed E-state index contributed by atoms with van der Waals surface area (Å²) in [7, 11) is 3.36. The van der Waals surface area contributed by atoms with Gasteiger partial charge in [0.15, 0.2) is 0 Å². The minimum absolute atomic E-state index is 0.0769. The Kier molecular flexibility index (Phi) is 4.72. The van der Waals surface area contributed by atoms with E-state index >= 15 is 0 Å². The van der Waals surface area contributed by atoms with E-state index in [1.54, 1.807) is 32.4 Å². The molecular formula is C18H17ClN4O2. The average molecular weight is 357 g/mol. The molecule has 3 rings (SSSR count). The highest BCUT2D eigenvalue weighted by molar-refractivity contribution is 6.31. The number of nitrogens with zero attached hydrogens (tertiary/aromatic N) is 3. The second kappa shape index (κ2) is 6.94. The first-order valence-electron chi connectivity index (χ1n) is 7.66. The van der Waals surface area contributed by atoms with Crippen molar-refractivity contribution >= 4 is 39.9 Å². The molecule has 6 nitrogen and oxygen atoms in total. The number of likely N-dealkylation sites (N-methyl/N-ethyl adjacent to an activating group) is 1. The Morgan fingerprint density at radius 1 is 1.24 bits per heavy atom. The molecule has 0 saturated heterocycles. The van der Waals surface area contributed by atoms with Crippen LogP contribution in [0.2, 0.25) is 5.02 Å². The molecule has 7 heteroatoms. The van der Waals surface area contributed by atoms with E-state index < -0.39 is 0 Å². The predicted molar refractivity (Wildman–Crippen MR) is 97.8 cm³/mol. The Bertz CT molecular complexity index is 949. The zero-order valence-electron chi connectivity index (χ0n) is 13.9. The average Bonchev–Trinajstić information content (AvgIpc) is 3.00. The molecule has 0 aliphatic heterocycles. The molecule has 0 aliphatic rings. The van der Waals surface area contributed by atoms with E-state index in [4.69, 9.17) is 11.6 Å². The maximum absolute atomic E-state index is 12.6. The number of rotatable bonds is 4. The van der Waals surface area contributed by atoms with Crippen LogP contribution in [0.4, 0.5) is 5.69 Å². The zero-order chi connectivity index (χ0) is 18.0. The quantitative estimate of drug-likeness (QED) is 0.781. The van der Waals surface area contributed by atoms with Crippen molar-refractivity contribution in [3.05, 3.63) is 59.4 Å². The van der Waals surface area contributed by atoms with Gasteiger partial charge in [-0.05, 0) is 29.0 Å². The largest absolute Gasteiger partial charge is 0.347 e. The first-order valence-corrected chi connectivity index (χ1v) is 8.04. The number of amides is 2. The number of benzene rings is 2. The predicted octanol–water partition coefficient (Wildman–Crippen LogP) is 3.03. The number of carbonyl (C=O) groups excluding carboxylic acids is 2. The van der Waals surface area contributed by atoms with Crippen LogP contribution >= 0.6 is 11.6 Å². The first-order chi connectivity index (χ1) is 11.9. The number of aromatic nitrogens is 2. The second-order valence-corrected chi connectivity index (χ2v) is 6.28. The molecule has 0 unspecified atom stereocenters. The van der Waals surface area contributed by atoms with E-state index in [2.05, 4.69) is 10.4 Å². The highest BCUT2D eigenvalue weighted by Gasteiger charge is 2.12. The summed E-state index contributed by atoms with van der Waals surface area (Å²) >= 11 is 6.00. The monoisotopic (exact) mass is 356 g/mol. The lowest BCUT2D eigenvalue weighted by atomic mass is 10.0. The van der Waals surface area contributed by atoms with Crippen molar-refractivity contribution < 1.29 is 9.59 Å². The van der Waals surface area contributed by atoms with Crippen LogP contribution < -0.4 is 5.32 Å². The smallest absolute Gasteiger partial charge is 0.256 e. The molecule has 0 radical (unpaired) electrons. The van der Waals surface area contributed by atoms with Crippen molar-refractivity contribution in [3.8, 4) is 0 Å². The first kappa shape index (κ1) is 17.0. The Morgan fingerprint density at radius 2 is 2.04 bits per heavy atom. The van der Waals surface area contributed by atoms with Gasteiger partial charge in [-0.15, -0.1) is 0 Å². The number of hydrogen-bond donors (Lipinski definition) is 1. The van der Waals surface area contributed by atoms with Gasteiger partial charge in [-0.3, -0.25) is 14.3 Å². The topological polar surface area (TPSA) is 67.2 Å². The minimum Gasteiger partial charge on any atom is -0.347 e. The van der Waals surface area contributed by atoms with E-state index in [9.17, 15) is 9.59 Å². The molecule has 0 saturated carbocycles. The lowest BCUT2D eigenvalue weighted by Gasteiger charge is -2.09. The van der Waals surface area contributed by atoms with Crippen LogP contribution in [0.3, 0.4) is 0 Å². The van der Waals surface area contributed by atoms with Gasteiger partial charge in [0.25, 0.3) is 5.91 Å². The molecule has 3 aromatic rings. The molecule has 128 valence electrons. The lowest BCUT2D eigenvalue weighted by Crippen LogP contribution is -2.26. The van der Waals surface area contributed by atoms with E-state index in [0.717, 1.165) is 10.8 Å². The molecule has 0 atom stereocenters. The summed E-state index contributed by atoms with van der Waals surface area (Å²) in [6.07, 6.45) is 3.14. The minimum atomic E-state index is -0.244. The summed E-state index contributed by atoms with van der Waals surface area (Å²) in [6.45, 7) is 0.121. The molecule has 0 fully saturated rings. The van der Waals surface area contributed by atoms with Crippen molar-refractivity contribution in [3.63, 3.8) is 0 Å². The van der Waals surface area contributed by atoms with Gasteiger partial charge in [0.2, 0.25) is 5.91 Å². The fourth-order valence-corrected chi connectivity index (χ4v) is 2.63. The van der Waals surface area contributed by atoms with Gasteiger partial charge >= 0.3 is 0 Å². The van der Waals surface area contributed by atoms with Crippen molar-refractivity contribution in [2.75, 3.05) is 19.4 Å². The summed E-state index contributed by atoms with van der Waals surface area (Å²) in [5, 5.41) is 9.24. The third-order valence-electron chi connectivity index (χ3n) is 3.77. The third kappa shape index (κ3) is 3.80. The SMILES string of the molecule is CN(C)C(=O)Cn1cc(NC(=O)c2cccc3cc(Cl)ccc23)cn1. The van der Waals surface area contributed by atoms with Gasteiger partial charge < -0.3 is 10.2 Å². The molecule has 2 amide bonds.